The van der Waals surface area contributed by atoms with Crippen molar-refractivity contribution in [3.8, 4) is 0 Å². The molecule has 0 bridgehead atoms. The Bertz CT molecular complexity index is 699. The van der Waals surface area contributed by atoms with Crippen molar-refractivity contribution < 1.29 is 8.42 Å². The van der Waals surface area contributed by atoms with E-state index in [9.17, 15) is 8.42 Å². The summed E-state index contributed by atoms with van der Waals surface area (Å²) >= 11 is 7.47. The largest absolute Gasteiger partial charge is 0.269 e. The van der Waals surface area contributed by atoms with E-state index in [0.29, 0.717) is 10.7 Å². The van der Waals surface area contributed by atoms with Crippen LogP contribution in [-0.2, 0) is 10.0 Å². The van der Waals surface area contributed by atoms with Crippen molar-refractivity contribution in [2.24, 2.45) is 0 Å². The van der Waals surface area contributed by atoms with E-state index < -0.39 is 10.0 Å². The van der Waals surface area contributed by atoms with Gasteiger partial charge in [0.1, 0.15) is 0 Å². The zero-order valence-electron chi connectivity index (χ0n) is 11.1. The van der Waals surface area contributed by atoms with Crippen molar-refractivity contribution in [2.45, 2.75) is 9.79 Å². The standard InChI is InChI=1S/C14H14ClNO2S2/c1-16(12-5-3-4-11(15)10-12)20(17,18)14-8-6-13(19-2)7-9-14/h3-10H,1-2H3. The SMILES string of the molecule is CSc1ccc(S(=O)(=O)N(C)c2cccc(Cl)c2)cc1. The molecule has 20 heavy (non-hydrogen) atoms. The molecule has 2 rings (SSSR count). The molecule has 106 valence electrons. The predicted octanol–water partition coefficient (Wildman–Crippen LogP) is 3.89. The van der Waals surface area contributed by atoms with Crippen LogP contribution in [0, 0.1) is 0 Å². The third kappa shape index (κ3) is 3.11. The Kier molecular flexibility index (Phi) is 4.62. The summed E-state index contributed by atoms with van der Waals surface area (Å²) in [5.41, 5.74) is 0.534. The van der Waals surface area contributed by atoms with Gasteiger partial charge in [-0.05, 0) is 48.7 Å². The Morgan fingerprint density at radius 3 is 2.30 bits per heavy atom. The summed E-state index contributed by atoms with van der Waals surface area (Å²) in [5.74, 6) is 0. The first-order chi connectivity index (χ1) is 9.45. The summed E-state index contributed by atoms with van der Waals surface area (Å²) < 4.78 is 26.3. The van der Waals surface area contributed by atoms with Gasteiger partial charge in [0.15, 0.2) is 0 Å². The van der Waals surface area contributed by atoms with E-state index in [0.717, 1.165) is 4.90 Å². The third-order valence-corrected chi connectivity index (χ3v) is 5.67. The van der Waals surface area contributed by atoms with Crippen LogP contribution in [-0.4, -0.2) is 21.7 Å². The van der Waals surface area contributed by atoms with Crippen molar-refractivity contribution in [1.82, 2.24) is 0 Å². The van der Waals surface area contributed by atoms with Crippen LogP contribution in [0.3, 0.4) is 0 Å². The van der Waals surface area contributed by atoms with Crippen molar-refractivity contribution in [3.05, 3.63) is 53.6 Å². The van der Waals surface area contributed by atoms with Crippen molar-refractivity contribution in [2.75, 3.05) is 17.6 Å². The zero-order valence-corrected chi connectivity index (χ0v) is 13.5. The Morgan fingerprint density at radius 1 is 1.10 bits per heavy atom. The van der Waals surface area contributed by atoms with E-state index in [1.165, 1.54) is 11.4 Å². The molecule has 0 aliphatic carbocycles. The first-order valence-corrected chi connectivity index (χ1v) is 8.88. The second-order valence-corrected chi connectivity index (χ2v) is 7.41. The Morgan fingerprint density at radius 2 is 1.75 bits per heavy atom. The number of thioether (sulfide) groups is 1. The van der Waals surface area contributed by atoms with Gasteiger partial charge in [0.05, 0.1) is 10.6 Å². The van der Waals surface area contributed by atoms with Crippen LogP contribution in [0.1, 0.15) is 0 Å². The maximum absolute atomic E-state index is 12.5. The topological polar surface area (TPSA) is 37.4 Å². The number of halogens is 1. The summed E-state index contributed by atoms with van der Waals surface area (Å²) in [6, 6.07) is 13.6. The van der Waals surface area contributed by atoms with Gasteiger partial charge in [-0.1, -0.05) is 17.7 Å². The molecule has 0 N–H and O–H groups in total. The minimum atomic E-state index is -3.57. The van der Waals surface area contributed by atoms with Crippen molar-refractivity contribution in [3.63, 3.8) is 0 Å². The van der Waals surface area contributed by atoms with Crippen molar-refractivity contribution in [1.29, 1.82) is 0 Å². The van der Waals surface area contributed by atoms with Crippen LogP contribution in [0.15, 0.2) is 58.3 Å². The van der Waals surface area contributed by atoms with Crippen LogP contribution in [0.25, 0.3) is 0 Å². The summed E-state index contributed by atoms with van der Waals surface area (Å²) in [6.45, 7) is 0. The second kappa shape index (κ2) is 6.08. The van der Waals surface area contributed by atoms with E-state index in [-0.39, 0.29) is 4.90 Å². The lowest BCUT2D eigenvalue weighted by Crippen LogP contribution is -2.26. The highest BCUT2D eigenvalue weighted by molar-refractivity contribution is 7.98. The molecule has 2 aromatic carbocycles. The minimum Gasteiger partial charge on any atom is -0.269 e. The fourth-order valence-electron chi connectivity index (χ4n) is 1.72. The Balaban J connectivity index is 2.38. The number of hydrogen-bond donors (Lipinski definition) is 0. The normalized spacial score (nSPS) is 11.3. The number of nitrogens with zero attached hydrogens (tertiary/aromatic N) is 1. The van der Waals surface area contributed by atoms with E-state index in [4.69, 9.17) is 11.6 Å². The van der Waals surface area contributed by atoms with Gasteiger partial charge >= 0.3 is 0 Å². The summed E-state index contributed by atoms with van der Waals surface area (Å²) in [7, 11) is -2.05. The summed E-state index contributed by atoms with van der Waals surface area (Å²) in [5, 5.41) is 0.502. The monoisotopic (exact) mass is 327 g/mol. The predicted molar refractivity (Wildman–Crippen MR) is 85.3 cm³/mol. The molecular weight excluding hydrogens is 314 g/mol. The molecule has 0 amide bonds. The molecule has 6 heteroatoms. The van der Waals surface area contributed by atoms with Crippen LogP contribution < -0.4 is 4.31 Å². The lowest BCUT2D eigenvalue weighted by Gasteiger charge is -2.19. The molecule has 3 nitrogen and oxygen atoms in total. The van der Waals surface area contributed by atoms with Gasteiger partial charge < -0.3 is 0 Å². The quantitative estimate of drug-likeness (QED) is 0.799. The Hall–Kier alpha value is -1.17. The van der Waals surface area contributed by atoms with Gasteiger partial charge in [-0.3, -0.25) is 4.31 Å². The van der Waals surface area contributed by atoms with Gasteiger partial charge in [0.2, 0.25) is 0 Å². The van der Waals surface area contributed by atoms with E-state index in [1.54, 1.807) is 60.3 Å². The van der Waals surface area contributed by atoms with E-state index >= 15 is 0 Å². The van der Waals surface area contributed by atoms with Gasteiger partial charge in [-0.25, -0.2) is 8.42 Å². The first-order valence-electron chi connectivity index (χ1n) is 5.83. The molecule has 0 saturated heterocycles. The third-order valence-electron chi connectivity index (χ3n) is 2.89. The first kappa shape index (κ1) is 15.2. The molecule has 0 spiro atoms. The van der Waals surface area contributed by atoms with Gasteiger partial charge in [-0.2, -0.15) is 0 Å². The maximum atomic E-state index is 12.5. The molecule has 0 saturated carbocycles. The van der Waals surface area contributed by atoms with E-state index in [2.05, 4.69) is 0 Å². The molecule has 0 fully saturated rings. The average molecular weight is 328 g/mol. The van der Waals surface area contributed by atoms with E-state index in [1.807, 2.05) is 6.26 Å². The molecule has 0 aliphatic heterocycles. The minimum absolute atomic E-state index is 0.262. The van der Waals surface area contributed by atoms with Gasteiger partial charge in [0.25, 0.3) is 10.0 Å². The van der Waals surface area contributed by atoms with Crippen LogP contribution in [0.2, 0.25) is 5.02 Å². The second-order valence-electron chi connectivity index (χ2n) is 4.13. The Labute approximate surface area is 128 Å². The highest BCUT2D eigenvalue weighted by Gasteiger charge is 2.21. The summed E-state index contributed by atoms with van der Waals surface area (Å²) in [4.78, 5) is 1.28. The highest BCUT2D eigenvalue weighted by Crippen LogP contribution is 2.25. The molecule has 2 aromatic rings. The fraction of sp³-hybridized carbons (Fsp3) is 0.143. The number of hydrogen-bond acceptors (Lipinski definition) is 3. The molecule has 0 heterocycles. The van der Waals surface area contributed by atoms with Crippen LogP contribution >= 0.6 is 23.4 Å². The lowest BCUT2D eigenvalue weighted by molar-refractivity contribution is 0.594. The number of sulfonamides is 1. The molecule has 0 aromatic heterocycles. The molecule has 0 radical (unpaired) electrons. The number of anilines is 1. The fourth-order valence-corrected chi connectivity index (χ4v) is 3.50. The highest BCUT2D eigenvalue weighted by atomic mass is 35.5. The van der Waals surface area contributed by atoms with Gasteiger partial charge in [0, 0.05) is 17.0 Å². The lowest BCUT2D eigenvalue weighted by atomic mass is 10.3. The zero-order chi connectivity index (χ0) is 14.8. The van der Waals surface area contributed by atoms with Crippen molar-refractivity contribution >= 4 is 39.1 Å². The molecule has 0 unspecified atom stereocenters. The maximum Gasteiger partial charge on any atom is 0.264 e. The number of rotatable bonds is 4. The molecular formula is C14H14ClNO2S2. The average Bonchev–Trinajstić information content (AvgIpc) is 2.46. The smallest absolute Gasteiger partial charge is 0.264 e. The molecule has 0 aliphatic rings. The summed E-state index contributed by atoms with van der Waals surface area (Å²) in [6.07, 6.45) is 1.95. The van der Waals surface area contributed by atoms with Gasteiger partial charge in [-0.15, -0.1) is 11.8 Å². The van der Waals surface area contributed by atoms with Crippen LogP contribution in [0.4, 0.5) is 5.69 Å². The van der Waals surface area contributed by atoms with Crippen LogP contribution in [0.5, 0.6) is 0 Å². The molecule has 0 atom stereocenters. The number of benzene rings is 2.